The number of urea groups is 1. The summed E-state index contributed by atoms with van der Waals surface area (Å²) >= 11 is 1.58. The largest absolute Gasteiger partial charge is 0.329 e. The Morgan fingerprint density at radius 1 is 1.45 bits per heavy atom. The van der Waals surface area contributed by atoms with Gasteiger partial charge in [0.2, 0.25) is 0 Å². The van der Waals surface area contributed by atoms with E-state index in [0.29, 0.717) is 6.42 Å². The number of hydrogen-bond acceptors (Lipinski definition) is 5. The van der Waals surface area contributed by atoms with Crippen molar-refractivity contribution in [3.8, 4) is 0 Å². The number of hydrogen-bond donors (Lipinski definition) is 1. The van der Waals surface area contributed by atoms with E-state index in [9.17, 15) is 19.7 Å². The molecule has 8 heteroatoms. The van der Waals surface area contributed by atoms with Crippen LogP contribution in [0, 0.1) is 10.1 Å². The molecule has 1 fully saturated rings. The van der Waals surface area contributed by atoms with Gasteiger partial charge in [0.25, 0.3) is 11.6 Å². The Bertz CT molecular complexity index is 563. The number of carbonyl (C=O) groups excluding carboxylic acids is 2. The van der Waals surface area contributed by atoms with Crippen LogP contribution in [0.25, 0.3) is 0 Å². The van der Waals surface area contributed by atoms with Gasteiger partial charge in [-0.1, -0.05) is 6.07 Å². The predicted molar refractivity (Wildman–Crippen MR) is 75.9 cm³/mol. The summed E-state index contributed by atoms with van der Waals surface area (Å²) in [5.41, 5.74) is 0.0593. The minimum Gasteiger partial charge on any atom is -0.325 e. The summed E-state index contributed by atoms with van der Waals surface area (Å²) in [4.78, 5) is 35.2. The summed E-state index contributed by atoms with van der Waals surface area (Å²) < 4.78 is 0. The van der Waals surface area contributed by atoms with Crippen LogP contribution in [0.1, 0.15) is 6.42 Å². The predicted octanol–water partition coefficient (Wildman–Crippen LogP) is 1.77. The van der Waals surface area contributed by atoms with Crippen LogP contribution >= 0.6 is 11.8 Å². The molecule has 1 N–H and O–H groups in total. The van der Waals surface area contributed by atoms with E-state index in [0.717, 1.165) is 10.7 Å². The van der Waals surface area contributed by atoms with Gasteiger partial charge in [-0.2, -0.15) is 11.8 Å². The van der Waals surface area contributed by atoms with E-state index in [1.54, 1.807) is 11.8 Å². The Morgan fingerprint density at radius 3 is 2.85 bits per heavy atom. The van der Waals surface area contributed by atoms with Gasteiger partial charge in [0.1, 0.15) is 6.04 Å². The molecule has 1 atom stereocenters. The lowest BCUT2D eigenvalue weighted by molar-refractivity contribution is -0.384. The highest BCUT2D eigenvalue weighted by Crippen LogP contribution is 2.25. The maximum atomic E-state index is 12.2. The second kappa shape index (κ2) is 5.91. The number of nitro groups is 1. The zero-order valence-corrected chi connectivity index (χ0v) is 11.6. The van der Waals surface area contributed by atoms with Crippen molar-refractivity contribution in [2.45, 2.75) is 12.5 Å². The third-order valence-electron chi connectivity index (χ3n) is 2.93. The smallest absolute Gasteiger partial charge is 0.325 e. The highest BCUT2D eigenvalue weighted by atomic mass is 32.2. The summed E-state index contributed by atoms with van der Waals surface area (Å²) in [6.07, 6.45) is 2.46. The number of thioether (sulfide) groups is 1. The molecule has 0 saturated carbocycles. The Labute approximate surface area is 119 Å². The summed E-state index contributed by atoms with van der Waals surface area (Å²) in [7, 11) is 0. The van der Waals surface area contributed by atoms with Crippen LogP contribution in [0.4, 0.5) is 16.2 Å². The molecule has 1 heterocycles. The number of anilines is 1. The fourth-order valence-corrected chi connectivity index (χ4v) is 2.42. The molecule has 0 aromatic heterocycles. The number of imide groups is 1. The van der Waals surface area contributed by atoms with E-state index in [1.165, 1.54) is 24.3 Å². The van der Waals surface area contributed by atoms with Crippen molar-refractivity contribution >= 4 is 35.1 Å². The second-order valence-corrected chi connectivity index (χ2v) is 5.22. The molecular formula is C12H13N3O4S. The molecule has 0 radical (unpaired) electrons. The van der Waals surface area contributed by atoms with Crippen molar-refractivity contribution < 1.29 is 14.5 Å². The molecule has 0 spiro atoms. The number of rotatable bonds is 5. The van der Waals surface area contributed by atoms with Gasteiger partial charge in [-0.3, -0.25) is 14.9 Å². The third-order valence-corrected chi connectivity index (χ3v) is 3.57. The van der Waals surface area contributed by atoms with Crippen LogP contribution < -0.4 is 10.2 Å². The summed E-state index contributed by atoms with van der Waals surface area (Å²) in [6.45, 7) is 0. The molecule has 1 saturated heterocycles. The number of nitrogens with zero attached hydrogens (tertiary/aromatic N) is 2. The van der Waals surface area contributed by atoms with Gasteiger partial charge in [0, 0.05) is 12.1 Å². The number of carbonyl (C=O) groups is 2. The highest BCUT2D eigenvalue weighted by molar-refractivity contribution is 7.98. The summed E-state index contributed by atoms with van der Waals surface area (Å²) in [5, 5.41) is 13.3. The maximum Gasteiger partial charge on any atom is 0.329 e. The van der Waals surface area contributed by atoms with Crippen LogP contribution in [-0.4, -0.2) is 34.9 Å². The zero-order valence-electron chi connectivity index (χ0n) is 10.7. The van der Waals surface area contributed by atoms with Gasteiger partial charge in [0.15, 0.2) is 0 Å². The van der Waals surface area contributed by atoms with Crippen molar-refractivity contribution in [2.75, 3.05) is 16.9 Å². The van der Waals surface area contributed by atoms with Gasteiger partial charge in [-0.15, -0.1) is 0 Å². The molecule has 106 valence electrons. The Hall–Kier alpha value is -2.09. The van der Waals surface area contributed by atoms with Crippen molar-refractivity contribution in [3.63, 3.8) is 0 Å². The lowest BCUT2D eigenvalue weighted by Gasteiger charge is -2.12. The second-order valence-electron chi connectivity index (χ2n) is 4.23. The number of amides is 3. The Morgan fingerprint density at radius 2 is 2.20 bits per heavy atom. The van der Waals surface area contributed by atoms with Crippen molar-refractivity contribution in [3.05, 3.63) is 34.4 Å². The van der Waals surface area contributed by atoms with Crippen molar-refractivity contribution in [1.29, 1.82) is 0 Å². The van der Waals surface area contributed by atoms with Crippen LogP contribution in [0.3, 0.4) is 0 Å². The number of non-ortho nitro benzene ring substituents is 1. The van der Waals surface area contributed by atoms with E-state index in [2.05, 4.69) is 5.32 Å². The van der Waals surface area contributed by atoms with Gasteiger partial charge in [0.05, 0.1) is 10.6 Å². The first kappa shape index (κ1) is 14.3. The number of nitro benzene ring substituents is 1. The van der Waals surface area contributed by atoms with E-state index >= 15 is 0 Å². The van der Waals surface area contributed by atoms with Crippen LogP contribution in [0.15, 0.2) is 24.3 Å². The van der Waals surface area contributed by atoms with Gasteiger partial charge >= 0.3 is 6.03 Å². The molecule has 2 rings (SSSR count). The van der Waals surface area contributed by atoms with Crippen LogP contribution in [0.5, 0.6) is 0 Å². The number of benzene rings is 1. The Balaban J connectivity index is 2.24. The van der Waals surface area contributed by atoms with Crippen LogP contribution in [-0.2, 0) is 4.79 Å². The summed E-state index contributed by atoms with van der Waals surface area (Å²) in [5.74, 6) is 0.379. The normalized spacial score (nSPS) is 18.2. The lowest BCUT2D eigenvalue weighted by atomic mass is 10.2. The van der Waals surface area contributed by atoms with E-state index in [-0.39, 0.29) is 17.3 Å². The monoisotopic (exact) mass is 295 g/mol. The molecule has 1 aromatic rings. The van der Waals surface area contributed by atoms with E-state index < -0.39 is 17.0 Å². The zero-order chi connectivity index (χ0) is 14.7. The standard InChI is InChI=1S/C12H13N3O4S/c1-20-6-5-10-11(16)14(12(17)13-10)8-3-2-4-9(7-8)15(18)19/h2-4,7,10H,5-6H2,1H3,(H,13,17). The van der Waals surface area contributed by atoms with Crippen molar-refractivity contribution in [1.82, 2.24) is 5.32 Å². The third kappa shape index (κ3) is 2.74. The molecule has 1 aromatic carbocycles. The molecule has 0 bridgehead atoms. The average Bonchev–Trinajstić information content (AvgIpc) is 2.71. The minimum atomic E-state index is -0.562. The maximum absolute atomic E-state index is 12.2. The SMILES string of the molecule is CSCCC1NC(=O)N(c2cccc([N+](=O)[O-])c2)C1=O. The van der Waals surface area contributed by atoms with E-state index in [4.69, 9.17) is 0 Å². The molecule has 7 nitrogen and oxygen atoms in total. The molecular weight excluding hydrogens is 282 g/mol. The minimum absolute atomic E-state index is 0.157. The molecule has 1 unspecified atom stereocenters. The summed E-state index contributed by atoms with van der Waals surface area (Å²) in [6, 6.07) is 4.38. The fourth-order valence-electron chi connectivity index (χ4n) is 1.95. The Kier molecular flexibility index (Phi) is 4.23. The molecule has 1 aliphatic heterocycles. The molecule has 3 amide bonds. The van der Waals surface area contributed by atoms with Gasteiger partial charge < -0.3 is 5.32 Å². The van der Waals surface area contributed by atoms with Gasteiger partial charge in [-0.25, -0.2) is 9.69 Å². The first-order valence-electron chi connectivity index (χ1n) is 5.92. The topological polar surface area (TPSA) is 92.6 Å². The fraction of sp³-hybridized carbons (Fsp3) is 0.333. The first-order chi connectivity index (χ1) is 9.54. The van der Waals surface area contributed by atoms with Crippen molar-refractivity contribution in [2.24, 2.45) is 0 Å². The van der Waals surface area contributed by atoms with Gasteiger partial charge in [-0.05, 0) is 24.5 Å². The number of nitrogens with one attached hydrogen (secondary N) is 1. The highest BCUT2D eigenvalue weighted by Gasteiger charge is 2.38. The van der Waals surface area contributed by atoms with E-state index in [1.807, 2.05) is 6.26 Å². The van der Waals surface area contributed by atoms with Crippen LogP contribution in [0.2, 0.25) is 0 Å². The molecule has 0 aliphatic carbocycles. The average molecular weight is 295 g/mol. The first-order valence-corrected chi connectivity index (χ1v) is 7.32. The molecule has 1 aliphatic rings. The lowest BCUT2D eigenvalue weighted by Crippen LogP contribution is -2.31. The molecule has 20 heavy (non-hydrogen) atoms. The quantitative estimate of drug-likeness (QED) is 0.507.